The number of ether oxygens (including phenoxy) is 1. The predicted molar refractivity (Wildman–Crippen MR) is 104 cm³/mol. The molecule has 0 radical (unpaired) electrons. The summed E-state index contributed by atoms with van der Waals surface area (Å²) >= 11 is 8.27. The smallest absolute Gasteiger partial charge is 0.276 e. The molecule has 9 heteroatoms. The fraction of sp³-hybridized carbons (Fsp3) is 0.118. The lowest BCUT2D eigenvalue weighted by Crippen LogP contribution is -2.49. The van der Waals surface area contributed by atoms with Gasteiger partial charge in [0.25, 0.3) is 5.91 Å². The van der Waals surface area contributed by atoms with Crippen molar-refractivity contribution in [3.05, 3.63) is 58.5 Å². The summed E-state index contributed by atoms with van der Waals surface area (Å²) in [6.07, 6.45) is 4.24. The zero-order valence-electron chi connectivity index (χ0n) is 13.7. The highest BCUT2D eigenvalue weighted by atomic mass is 79.9. The van der Waals surface area contributed by atoms with Gasteiger partial charge >= 0.3 is 0 Å². The summed E-state index contributed by atoms with van der Waals surface area (Å²) < 4.78 is 11.2. The molecule has 0 atom stereocenters. The Morgan fingerprint density at radius 2 is 2.12 bits per heavy atom. The van der Waals surface area contributed by atoms with Gasteiger partial charge in [-0.05, 0) is 71.0 Å². The molecule has 0 spiro atoms. The number of hydrogen-bond acceptors (Lipinski definition) is 5. The first kappa shape index (κ1) is 19.7. The molecule has 0 bridgehead atoms. The first-order chi connectivity index (χ1) is 12.4. The number of carbonyl (C=O) groups is 2. The highest BCUT2D eigenvalue weighted by Gasteiger charge is 2.07. The summed E-state index contributed by atoms with van der Waals surface area (Å²) in [5.74, 6) is 0.157. The fourth-order valence-corrected chi connectivity index (χ4v) is 2.52. The molecule has 0 aliphatic rings. The Morgan fingerprint density at radius 1 is 1.31 bits per heavy atom. The van der Waals surface area contributed by atoms with Gasteiger partial charge in [0.1, 0.15) is 11.5 Å². The van der Waals surface area contributed by atoms with Gasteiger partial charge in [-0.1, -0.05) is 6.07 Å². The molecule has 1 heterocycles. The van der Waals surface area contributed by atoms with Gasteiger partial charge in [-0.25, -0.2) is 0 Å². The van der Waals surface area contributed by atoms with Crippen molar-refractivity contribution in [3.63, 3.8) is 0 Å². The molecule has 136 valence electrons. The van der Waals surface area contributed by atoms with Crippen molar-refractivity contribution in [1.29, 1.82) is 0 Å². The van der Waals surface area contributed by atoms with E-state index in [1.54, 1.807) is 18.2 Å². The fourth-order valence-electron chi connectivity index (χ4n) is 1.76. The molecule has 2 aromatic rings. The maximum Gasteiger partial charge on any atom is 0.276 e. The van der Waals surface area contributed by atoms with Gasteiger partial charge in [0.15, 0.2) is 11.7 Å². The zero-order chi connectivity index (χ0) is 18.9. The lowest BCUT2D eigenvalue weighted by atomic mass is 10.2. The molecule has 2 rings (SSSR count). The molecule has 2 amide bonds. The van der Waals surface area contributed by atoms with Crippen LogP contribution in [0.1, 0.15) is 11.3 Å². The monoisotopic (exact) mass is 437 g/mol. The Kier molecular flexibility index (Phi) is 7.37. The number of hydrogen-bond donors (Lipinski definition) is 3. The van der Waals surface area contributed by atoms with Crippen LogP contribution in [0.2, 0.25) is 0 Å². The summed E-state index contributed by atoms with van der Waals surface area (Å²) in [5, 5.41) is 2.32. The largest absolute Gasteiger partial charge is 0.483 e. The number of rotatable bonds is 5. The number of hydrazine groups is 1. The normalized spacial score (nSPS) is 10.4. The molecule has 1 aromatic carbocycles. The molecule has 1 aromatic heterocycles. The molecular formula is C17H16BrN3O4S. The summed E-state index contributed by atoms with van der Waals surface area (Å²) in [7, 11) is 0. The third kappa shape index (κ3) is 6.69. The molecule has 7 nitrogen and oxygen atoms in total. The van der Waals surface area contributed by atoms with Crippen molar-refractivity contribution in [2.45, 2.75) is 6.92 Å². The van der Waals surface area contributed by atoms with Crippen LogP contribution in [0.25, 0.3) is 6.08 Å². The number of furan rings is 1. The Balaban J connectivity index is 1.69. The van der Waals surface area contributed by atoms with Crippen molar-refractivity contribution in [3.8, 4) is 5.75 Å². The zero-order valence-corrected chi connectivity index (χ0v) is 16.1. The van der Waals surface area contributed by atoms with Crippen molar-refractivity contribution in [2.75, 3.05) is 6.61 Å². The number of halogens is 1. The van der Waals surface area contributed by atoms with E-state index in [-0.39, 0.29) is 11.7 Å². The SMILES string of the molecule is Cc1ccc(OCC(=O)NNC(=S)NC(=O)/C=C/c2ccco2)c(Br)c1. The van der Waals surface area contributed by atoms with Gasteiger partial charge in [-0.3, -0.25) is 25.8 Å². The minimum absolute atomic E-state index is 0.0519. The van der Waals surface area contributed by atoms with Crippen LogP contribution in [0.3, 0.4) is 0 Å². The van der Waals surface area contributed by atoms with Gasteiger partial charge in [0, 0.05) is 6.08 Å². The minimum Gasteiger partial charge on any atom is -0.483 e. The van der Waals surface area contributed by atoms with Crippen LogP contribution in [0.5, 0.6) is 5.75 Å². The number of carbonyl (C=O) groups excluding carboxylic acids is 2. The van der Waals surface area contributed by atoms with Gasteiger partial charge in [-0.15, -0.1) is 0 Å². The Labute approximate surface area is 163 Å². The minimum atomic E-state index is -0.465. The first-order valence-corrected chi connectivity index (χ1v) is 8.64. The topological polar surface area (TPSA) is 92.6 Å². The van der Waals surface area contributed by atoms with E-state index in [0.29, 0.717) is 11.5 Å². The van der Waals surface area contributed by atoms with Crippen LogP contribution in [0.15, 0.2) is 51.6 Å². The standard InChI is InChI=1S/C17H16BrN3O4S/c1-11-4-6-14(13(18)9-11)25-10-16(23)20-21-17(26)19-15(22)7-5-12-3-2-8-24-12/h2-9H,10H2,1H3,(H,20,23)(H2,19,21,22,26)/b7-5+. The number of thiocarbonyl (C=S) groups is 1. The van der Waals surface area contributed by atoms with Crippen LogP contribution < -0.4 is 20.9 Å². The van der Waals surface area contributed by atoms with Crippen LogP contribution in [0, 0.1) is 6.92 Å². The summed E-state index contributed by atoms with van der Waals surface area (Å²) in [5.41, 5.74) is 5.82. The molecule has 0 unspecified atom stereocenters. The Bertz CT molecular complexity index is 821. The van der Waals surface area contributed by atoms with Crippen LogP contribution in [-0.2, 0) is 9.59 Å². The highest BCUT2D eigenvalue weighted by molar-refractivity contribution is 9.10. The van der Waals surface area contributed by atoms with Crippen LogP contribution in [-0.4, -0.2) is 23.5 Å². The molecule has 0 aliphatic carbocycles. The summed E-state index contributed by atoms with van der Waals surface area (Å²) in [4.78, 5) is 23.4. The third-order valence-corrected chi connectivity index (χ3v) is 3.76. The van der Waals surface area contributed by atoms with E-state index < -0.39 is 11.8 Å². The van der Waals surface area contributed by atoms with Gasteiger partial charge in [0.05, 0.1) is 10.7 Å². The molecule has 26 heavy (non-hydrogen) atoms. The van der Waals surface area contributed by atoms with Gasteiger partial charge in [-0.2, -0.15) is 0 Å². The number of aryl methyl sites for hydroxylation is 1. The van der Waals surface area contributed by atoms with Crippen molar-refractivity contribution in [1.82, 2.24) is 16.2 Å². The molecule has 0 saturated carbocycles. The number of nitrogens with one attached hydrogen (secondary N) is 3. The van der Waals surface area contributed by atoms with E-state index in [4.69, 9.17) is 21.4 Å². The second kappa shape index (κ2) is 9.73. The molecule has 3 N–H and O–H groups in total. The highest BCUT2D eigenvalue weighted by Crippen LogP contribution is 2.25. The van der Waals surface area contributed by atoms with Crippen molar-refractivity contribution in [2.24, 2.45) is 0 Å². The average Bonchev–Trinajstić information content (AvgIpc) is 3.11. The maximum atomic E-state index is 11.8. The summed E-state index contributed by atoms with van der Waals surface area (Å²) in [6, 6.07) is 8.92. The second-order valence-electron chi connectivity index (χ2n) is 5.06. The molecule has 0 saturated heterocycles. The van der Waals surface area contributed by atoms with Crippen molar-refractivity contribution >= 4 is 51.2 Å². The Hall–Kier alpha value is -2.65. The second-order valence-corrected chi connectivity index (χ2v) is 6.33. The molecule has 0 aliphatic heterocycles. The third-order valence-electron chi connectivity index (χ3n) is 2.94. The van der Waals surface area contributed by atoms with Gasteiger partial charge < -0.3 is 9.15 Å². The van der Waals surface area contributed by atoms with E-state index in [1.807, 2.05) is 19.1 Å². The quantitative estimate of drug-likeness (QED) is 0.378. The molecule has 0 fully saturated rings. The van der Waals surface area contributed by atoms with E-state index in [0.717, 1.165) is 10.0 Å². The average molecular weight is 438 g/mol. The van der Waals surface area contributed by atoms with E-state index in [1.165, 1.54) is 18.4 Å². The lowest BCUT2D eigenvalue weighted by molar-refractivity contribution is -0.123. The lowest BCUT2D eigenvalue weighted by Gasteiger charge is -2.11. The Morgan fingerprint density at radius 3 is 2.81 bits per heavy atom. The maximum absolute atomic E-state index is 11.8. The predicted octanol–water partition coefficient (Wildman–Crippen LogP) is 2.46. The van der Waals surface area contributed by atoms with E-state index >= 15 is 0 Å². The van der Waals surface area contributed by atoms with E-state index in [2.05, 4.69) is 32.1 Å². The van der Waals surface area contributed by atoms with Crippen molar-refractivity contribution < 1.29 is 18.7 Å². The summed E-state index contributed by atoms with van der Waals surface area (Å²) in [6.45, 7) is 1.73. The van der Waals surface area contributed by atoms with Gasteiger partial charge in [0.2, 0.25) is 5.91 Å². The first-order valence-electron chi connectivity index (χ1n) is 7.44. The van der Waals surface area contributed by atoms with Crippen LogP contribution in [0.4, 0.5) is 0 Å². The van der Waals surface area contributed by atoms with Crippen LogP contribution >= 0.6 is 28.1 Å². The number of amides is 2. The number of benzene rings is 1. The van der Waals surface area contributed by atoms with E-state index in [9.17, 15) is 9.59 Å². The molecular weight excluding hydrogens is 422 g/mol.